The predicted octanol–water partition coefficient (Wildman–Crippen LogP) is 3.35. The molecule has 4 rings (SSSR count). The topological polar surface area (TPSA) is 90.1 Å². The zero-order chi connectivity index (χ0) is 19.7. The molecule has 0 aromatic carbocycles. The number of alkyl halides is 3. The molecule has 0 saturated heterocycles. The van der Waals surface area contributed by atoms with E-state index in [4.69, 9.17) is 4.74 Å². The molecule has 142 valence electrons. The molecule has 0 spiro atoms. The molecule has 0 fully saturated rings. The SMILES string of the molecule is COc1ncc(Nc2cncc(-c3c(C(F)(F)F)nc4ccccn34)n2)cn1. The Morgan fingerprint density at radius 2 is 1.82 bits per heavy atom. The van der Waals surface area contributed by atoms with Crippen LogP contribution >= 0.6 is 0 Å². The van der Waals surface area contributed by atoms with Crippen molar-refractivity contribution in [2.24, 2.45) is 0 Å². The summed E-state index contributed by atoms with van der Waals surface area (Å²) < 4.78 is 46.8. The van der Waals surface area contributed by atoms with E-state index >= 15 is 0 Å². The minimum atomic E-state index is -4.64. The first-order valence-corrected chi connectivity index (χ1v) is 7.95. The molecule has 28 heavy (non-hydrogen) atoms. The molecule has 0 atom stereocenters. The quantitative estimate of drug-likeness (QED) is 0.574. The van der Waals surface area contributed by atoms with Crippen LogP contribution in [0.4, 0.5) is 24.7 Å². The normalized spacial score (nSPS) is 11.6. The third-order valence-corrected chi connectivity index (χ3v) is 3.76. The van der Waals surface area contributed by atoms with Gasteiger partial charge in [0.25, 0.3) is 0 Å². The van der Waals surface area contributed by atoms with Crippen molar-refractivity contribution < 1.29 is 17.9 Å². The van der Waals surface area contributed by atoms with E-state index in [0.29, 0.717) is 5.69 Å². The van der Waals surface area contributed by atoms with Crippen LogP contribution in [0.25, 0.3) is 17.0 Å². The standard InChI is InChI=1S/C17H12F3N7O/c1-28-16-22-6-10(7-23-16)24-12-9-21-8-11(25-12)14-15(17(18,19)20)26-13-4-2-3-5-27(13)14/h2-9H,1H3,(H,24,25). The smallest absolute Gasteiger partial charge is 0.435 e. The minimum absolute atomic E-state index is 0.0189. The molecule has 8 nitrogen and oxygen atoms in total. The van der Waals surface area contributed by atoms with E-state index in [-0.39, 0.29) is 28.9 Å². The summed E-state index contributed by atoms with van der Waals surface area (Å²) in [5.74, 6) is 0.227. The van der Waals surface area contributed by atoms with Gasteiger partial charge in [0, 0.05) is 6.20 Å². The predicted molar refractivity (Wildman–Crippen MR) is 93.1 cm³/mol. The number of methoxy groups -OCH3 is 1. The molecule has 4 heterocycles. The lowest BCUT2D eigenvalue weighted by molar-refractivity contribution is -0.140. The molecule has 0 amide bonds. The number of nitrogens with one attached hydrogen (secondary N) is 1. The highest BCUT2D eigenvalue weighted by Crippen LogP contribution is 2.36. The van der Waals surface area contributed by atoms with Gasteiger partial charge in [0.15, 0.2) is 5.69 Å². The van der Waals surface area contributed by atoms with Gasteiger partial charge in [0.1, 0.15) is 22.9 Å². The zero-order valence-electron chi connectivity index (χ0n) is 14.3. The van der Waals surface area contributed by atoms with Gasteiger partial charge in [-0.25, -0.2) is 19.9 Å². The van der Waals surface area contributed by atoms with Crippen LogP contribution in [0, 0.1) is 0 Å². The van der Waals surface area contributed by atoms with Crippen molar-refractivity contribution in [3.05, 3.63) is 54.9 Å². The average Bonchev–Trinajstić information content (AvgIpc) is 3.09. The molecule has 0 aliphatic carbocycles. The second-order valence-electron chi connectivity index (χ2n) is 5.61. The number of ether oxygens (including phenoxy) is 1. The number of anilines is 2. The summed E-state index contributed by atoms with van der Waals surface area (Å²) in [4.78, 5) is 19.9. The summed E-state index contributed by atoms with van der Waals surface area (Å²) in [6.07, 6.45) is 2.39. The Balaban J connectivity index is 1.77. The highest BCUT2D eigenvalue weighted by molar-refractivity contribution is 5.66. The average molecular weight is 387 g/mol. The Morgan fingerprint density at radius 1 is 1.04 bits per heavy atom. The van der Waals surface area contributed by atoms with Crippen LogP contribution < -0.4 is 10.1 Å². The summed E-state index contributed by atoms with van der Waals surface area (Å²) in [5.41, 5.74) is -0.566. The number of fused-ring (bicyclic) bond motifs is 1. The van der Waals surface area contributed by atoms with Crippen molar-refractivity contribution in [1.82, 2.24) is 29.3 Å². The molecular weight excluding hydrogens is 375 g/mol. The van der Waals surface area contributed by atoms with Gasteiger partial charge < -0.3 is 10.1 Å². The van der Waals surface area contributed by atoms with Crippen molar-refractivity contribution >= 4 is 17.2 Å². The van der Waals surface area contributed by atoms with Gasteiger partial charge in [-0.1, -0.05) is 6.07 Å². The maximum absolute atomic E-state index is 13.5. The van der Waals surface area contributed by atoms with Crippen LogP contribution in [-0.2, 0) is 6.18 Å². The number of imidazole rings is 1. The molecule has 11 heteroatoms. The van der Waals surface area contributed by atoms with Gasteiger partial charge in [0.2, 0.25) is 0 Å². The fourth-order valence-electron chi connectivity index (χ4n) is 2.61. The first-order valence-electron chi connectivity index (χ1n) is 7.95. The lowest BCUT2D eigenvalue weighted by atomic mass is 10.2. The first-order chi connectivity index (χ1) is 13.5. The van der Waals surface area contributed by atoms with Crippen LogP contribution in [0.3, 0.4) is 0 Å². The Bertz CT molecular complexity index is 1130. The van der Waals surface area contributed by atoms with Gasteiger partial charge in [-0.3, -0.25) is 9.38 Å². The third-order valence-electron chi connectivity index (χ3n) is 3.76. The van der Waals surface area contributed by atoms with E-state index in [1.807, 2.05) is 0 Å². The monoisotopic (exact) mass is 387 g/mol. The van der Waals surface area contributed by atoms with Crippen molar-refractivity contribution in [1.29, 1.82) is 0 Å². The van der Waals surface area contributed by atoms with E-state index in [2.05, 4.69) is 30.2 Å². The lowest BCUT2D eigenvalue weighted by Crippen LogP contribution is -2.09. The summed E-state index contributed by atoms with van der Waals surface area (Å²) in [6, 6.07) is 4.90. The van der Waals surface area contributed by atoms with Crippen molar-refractivity contribution in [3.8, 4) is 17.4 Å². The maximum Gasteiger partial charge on any atom is 0.435 e. The molecular formula is C17H12F3N7O. The summed E-state index contributed by atoms with van der Waals surface area (Å²) >= 11 is 0. The van der Waals surface area contributed by atoms with E-state index in [9.17, 15) is 13.2 Å². The van der Waals surface area contributed by atoms with Crippen molar-refractivity contribution in [2.45, 2.75) is 6.18 Å². The lowest BCUT2D eigenvalue weighted by Gasteiger charge is -2.09. The van der Waals surface area contributed by atoms with Crippen molar-refractivity contribution in [3.63, 3.8) is 0 Å². The van der Waals surface area contributed by atoms with Gasteiger partial charge in [-0.15, -0.1) is 0 Å². The van der Waals surface area contributed by atoms with Crippen molar-refractivity contribution in [2.75, 3.05) is 12.4 Å². The molecule has 0 aliphatic heterocycles. The zero-order valence-corrected chi connectivity index (χ0v) is 14.3. The van der Waals surface area contributed by atoms with Crippen LogP contribution in [0.15, 0.2) is 49.2 Å². The van der Waals surface area contributed by atoms with Crippen LogP contribution in [-0.4, -0.2) is 36.4 Å². The molecule has 1 N–H and O–H groups in total. The molecule has 0 saturated carbocycles. The largest absolute Gasteiger partial charge is 0.467 e. The number of nitrogens with zero attached hydrogens (tertiary/aromatic N) is 6. The molecule has 4 aromatic rings. The molecule has 4 aromatic heterocycles. The fraction of sp³-hybridized carbons (Fsp3) is 0.118. The number of hydrogen-bond donors (Lipinski definition) is 1. The van der Waals surface area contributed by atoms with Crippen LogP contribution in [0.5, 0.6) is 6.01 Å². The highest BCUT2D eigenvalue weighted by atomic mass is 19.4. The Morgan fingerprint density at radius 3 is 2.54 bits per heavy atom. The molecule has 0 radical (unpaired) electrons. The van der Waals surface area contributed by atoms with Gasteiger partial charge in [-0.05, 0) is 12.1 Å². The highest BCUT2D eigenvalue weighted by Gasteiger charge is 2.38. The van der Waals surface area contributed by atoms with Gasteiger partial charge in [-0.2, -0.15) is 13.2 Å². The summed E-state index contributed by atoms with van der Waals surface area (Å²) in [7, 11) is 1.44. The summed E-state index contributed by atoms with van der Waals surface area (Å²) in [5, 5.41) is 2.90. The second kappa shape index (κ2) is 6.76. The van der Waals surface area contributed by atoms with E-state index in [0.717, 1.165) is 0 Å². The fourth-order valence-corrected chi connectivity index (χ4v) is 2.61. The molecule has 0 aliphatic rings. The van der Waals surface area contributed by atoms with Gasteiger partial charge >= 0.3 is 12.2 Å². The minimum Gasteiger partial charge on any atom is -0.467 e. The first kappa shape index (κ1) is 17.6. The number of halogens is 3. The van der Waals surface area contributed by atoms with E-state index in [1.54, 1.807) is 12.1 Å². The third kappa shape index (κ3) is 3.29. The number of aromatic nitrogens is 6. The summed E-state index contributed by atoms with van der Waals surface area (Å²) in [6.45, 7) is 0. The Kier molecular flexibility index (Phi) is 4.26. The molecule has 0 bridgehead atoms. The maximum atomic E-state index is 13.5. The van der Waals surface area contributed by atoms with Crippen LogP contribution in [0.2, 0.25) is 0 Å². The number of rotatable bonds is 4. The Hall–Kier alpha value is -3.76. The van der Waals surface area contributed by atoms with E-state index < -0.39 is 11.9 Å². The van der Waals surface area contributed by atoms with Crippen LogP contribution in [0.1, 0.15) is 5.69 Å². The van der Waals surface area contributed by atoms with E-state index in [1.165, 1.54) is 48.6 Å². The number of hydrogen-bond acceptors (Lipinski definition) is 7. The Labute approximate surface area is 156 Å². The van der Waals surface area contributed by atoms with Gasteiger partial charge in [0.05, 0.1) is 37.6 Å². The molecule has 0 unspecified atom stereocenters. The second-order valence-corrected chi connectivity index (χ2v) is 5.61. The number of pyridine rings is 1.